The van der Waals surface area contributed by atoms with E-state index in [0.29, 0.717) is 17.2 Å². The maximum absolute atomic E-state index is 12.0. The van der Waals surface area contributed by atoms with E-state index in [1.54, 1.807) is 19.2 Å². The number of benzene rings is 2. The molecule has 5 heteroatoms. The number of carbonyl (C=O) groups is 1. The summed E-state index contributed by atoms with van der Waals surface area (Å²) in [5.41, 5.74) is 1.93. The Morgan fingerprint density at radius 2 is 1.92 bits per heavy atom. The quantitative estimate of drug-likeness (QED) is 0.797. The summed E-state index contributed by atoms with van der Waals surface area (Å²) >= 11 is 3.50. The lowest BCUT2D eigenvalue weighted by molar-refractivity contribution is -0.118. The van der Waals surface area contributed by atoms with Crippen LogP contribution < -0.4 is 14.8 Å². The predicted octanol–water partition coefficient (Wildman–Crippen LogP) is 4.77. The van der Waals surface area contributed by atoms with Crippen LogP contribution in [0.5, 0.6) is 11.5 Å². The lowest BCUT2D eigenvalue weighted by atomic mass is 9.87. The monoisotopic (exact) mass is 391 g/mol. The van der Waals surface area contributed by atoms with Crippen LogP contribution in [0.1, 0.15) is 26.3 Å². The number of hydrogen-bond donors (Lipinski definition) is 1. The van der Waals surface area contributed by atoms with E-state index in [4.69, 9.17) is 9.47 Å². The van der Waals surface area contributed by atoms with Crippen molar-refractivity contribution in [2.24, 2.45) is 0 Å². The normalized spacial score (nSPS) is 11.0. The first-order valence-electron chi connectivity index (χ1n) is 7.66. The second kappa shape index (κ2) is 7.71. The molecule has 0 aliphatic carbocycles. The molecule has 4 nitrogen and oxygen atoms in total. The predicted molar refractivity (Wildman–Crippen MR) is 100.0 cm³/mol. The van der Waals surface area contributed by atoms with Crippen molar-refractivity contribution in [2.45, 2.75) is 26.2 Å². The lowest BCUT2D eigenvalue weighted by Crippen LogP contribution is -2.20. The molecule has 0 aromatic heterocycles. The molecule has 0 unspecified atom stereocenters. The standard InChI is InChI=1S/C19H22BrNO3/c1-19(2,3)13-8-9-17(16(20)10-13)24-12-18(22)21-14-6-5-7-15(11-14)23-4/h5-11H,12H2,1-4H3,(H,21,22). The fraction of sp³-hybridized carbons (Fsp3) is 0.316. The van der Waals surface area contributed by atoms with Gasteiger partial charge in [0.1, 0.15) is 11.5 Å². The van der Waals surface area contributed by atoms with Gasteiger partial charge in [-0.2, -0.15) is 0 Å². The van der Waals surface area contributed by atoms with Crippen molar-refractivity contribution in [1.29, 1.82) is 0 Å². The molecule has 2 rings (SSSR count). The van der Waals surface area contributed by atoms with Crippen LogP contribution in [-0.4, -0.2) is 19.6 Å². The minimum Gasteiger partial charge on any atom is -0.497 e. The van der Waals surface area contributed by atoms with Crippen molar-refractivity contribution in [3.8, 4) is 11.5 Å². The Morgan fingerprint density at radius 3 is 2.54 bits per heavy atom. The molecule has 1 N–H and O–H groups in total. The van der Waals surface area contributed by atoms with Gasteiger partial charge in [-0.1, -0.05) is 32.9 Å². The van der Waals surface area contributed by atoms with Gasteiger partial charge < -0.3 is 14.8 Å². The zero-order valence-electron chi connectivity index (χ0n) is 14.4. The van der Waals surface area contributed by atoms with Gasteiger partial charge in [0.05, 0.1) is 11.6 Å². The van der Waals surface area contributed by atoms with Crippen LogP contribution in [0.2, 0.25) is 0 Å². The molecular weight excluding hydrogens is 370 g/mol. The summed E-state index contributed by atoms with van der Waals surface area (Å²) < 4.78 is 11.6. The summed E-state index contributed by atoms with van der Waals surface area (Å²) in [5.74, 6) is 1.10. The van der Waals surface area contributed by atoms with Crippen LogP contribution in [0.4, 0.5) is 5.69 Å². The summed E-state index contributed by atoms with van der Waals surface area (Å²) in [6.07, 6.45) is 0. The molecule has 0 aliphatic rings. The number of carbonyl (C=O) groups excluding carboxylic acids is 1. The van der Waals surface area contributed by atoms with E-state index in [1.165, 1.54) is 5.56 Å². The van der Waals surface area contributed by atoms with Gasteiger partial charge in [0.2, 0.25) is 0 Å². The molecule has 0 heterocycles. The van der Waals surface area contributed by atoms with Crippen molar-refractivity contribution in [2.75, 3.05) is 19.0 Å². The fourth-order valence-electron chi connectivity index (χ4n) is 2.13. The van der Waals surface area contributed by atoms with Gasteiger partial charge in [-0.25, -0.2) is 0 Å². The molecule has 2 aromatic rings. The van der Waals surface area contributed by atoms with Crippen molar-refractivity contribution < 1.29 is 14.3 Å². The van der Waals surface area contributed by atoms with Crippen LogP contribution in [0.3, 0.4) is 0 Å². The first-order valence-corrected chi connectivity index (χ1v) is 8.45. The lowest BCUT2D eigenvalue weighted by Gasteiger charge is -2.20. The van der Waals surface area contributed by atoms with E-state index in [1.807, 2.05) is 30.3 Å². The number of rotatable bonds is 5. The van der Waals surface area contributed by atoms with E-state index in [0.717, 1.165) is 4.47 Å². The average molecular weight is 392 g/mol. The number of anilines is 1. The van der Waals surface area contributed by atoms with E-state index in [-0.39, 0.29) is 17.9 Å². The first kappa shape index (κ1) is 18.3. The van der Waals surface area contributed by atoms with Gasteiger partial charge in [-0.3, -0.25) is 4.79 Å². The molecule has 0 aliphatic heterocycles. The maximum atomic E-state index is 12.0. The Labute approximate surface area is 151 Å². The Hall–Kier alpha value is -2.01. The number of methoxy groups -OCH3 is 1. The van der Waals surface area contributed by atoms with Crippen molar-refractivity contribution in [3.05, 3.63) is 52.5 Å². The van der Waals surface area contributed by atoms with Gasteiger partial charge in [-0.15, -0.1) is 0 Å². The molecule has 24 heavy (non-hydrogen) atoms. The van der Waals surface area contributed by atoms with Crippen LogP contribution in [0.15, 0.2) is 46.9 Å². The van der Waals surface area contributed by atoms with Gasteiger partial charge in [-0.05, 0) is 51.2 Å². The molecule has 2 aromatic carbocycles. The highest BCUT2D eigenvalue weighted by Crippen LogP contribution is 2.31. The SMILES string of the molecule is COc1cccc(NC(=O)COc2ccc(C(C)(C)C)cc2Br)c1. The number of halogens is 1. The zero-order chi connectivity index (χ0) is 17.7. The fourth-order valence-corrected chi connectivity index (χ4v) is 2.62. The summed E-state index contributed by atoms with van der Waals surface area (Å²) in [5, 5.41) is 2.78. The Bertz CT molecular complexity index is 723. The van der Waals surface area contributed by atoms with E-state index in [9.17, 15) is 4.79 Å². The second-order valence-corrected chi connectivity index (χ2v) is 7.32. The highest BCUT2D eigenvalue weighted by Gasteiger charge is 2.15. The van der Waals surface area contributed by atoms with Crippen LogP contribution >= 0.6 is 15.9 Å². The molecule has 0 radical (unpaired) electrons. The maximum Gasteiger partial charge on any atom is 0.262 e. The molecule has 1 amide bonds. The minimum absolute atomic E-state index is 0.0603. The average Bonchev–Trinajstić information content (AvgIpc) is 2.53. The van der Waals surface area contributed by atoms with E-state index >= 15 is 0 Å². The number of ether oxygens (including phenoxy) is 2. The third-order valence-corrected chi connectivity index (χ3v) is 4.13. The molecule has 0 saturated heterocycles. The number of amides is 1. The Balaban J connectivity index is 1.96. The van der Waals surface area contributed by atoms with Crippen LogP contribution in [0.25, 0.3) is 0 Å². The Kier molecular flexibility index (Phi) is 5.89. The molecule has 0 spiro atoms. The van der Waals surface area contributed by atoms with Gasteiger partial charge in [0, 0.05) is 11.8 Å². The molecule has 0 bridgehead atoms. The Morgan fingerprint density at radius 1 is 1.17 bits per heavy atom. The number of hydrogen-bond acceptors (Lipinski definition) is 3. The van der Waals surface area contributed by atoms with E-state index in [2.05, 4.69) is 42.0 Å². The third-order valence-electron chi connectivity index (χ3n) is 3.51. The van der Waals surface area contributed by atoms with Crippen molar-refractivity contribution in [1.82, 2.24) is 0 Å². The summed E-state index contributed by atoms with van der Waals surface area (Å²) in [4.78, 5) is 12.0. The minimum atomic E-state index is -0.227. The van der Waals surface area contributed by atoms with E-state index < -0.39 is 0 Å². The summed E-state index contributed by atoms with van der Waals surface area (Å²) in [6, 6.07) is 13.1. The number of nitrogens with one attached hydrogen (secondary N) is 1. The smallest absolute Gasteiger partial charge is 0.262 e. The highest BCUT2D eigenvalue weighted by molar-refractivity contribution is 9.10. The van der Waals surface area contributed by atoms with Crippen LogP contribution in [0, 0.1) is 0 Å². The molecule has 0 atom stereocenters. The zero-order valence-corrected chi connectivity index (χ0v) is 15.9. The topological polar surface area (TPSA) is 47.6 Å². The van der Waals surface area contributed by atoms with Gasteiger partial charge >= 0.3 is 0 Å². The second-order valence-electron chi connectivity index (χ2n) is 6.46. The van der Waals surface area contributed by atoms with Gasteiger partial charge in [0.15, 0.2) is 6.61 Å². The van der Waals surface area contributed by atoms with Crippen molar-refractivity contribution in [3.63, 3.8) is 0 Å². The molecule has 0 saturated carbocycles. The summed E-state index contributed by atoms with van der Waals surface area (Å²) in [7, 11) is 1.59. The van der Waals surface area contributed by atoms with Crippen LogP contribution in [-0.2, 0) is 10.2 Å². The molecule has 128 valence electrons. The van der Waals surface area contributed by atoms with Gasteiger partial charge in [0.25, 0.3) is 5.91 Å². The third kappa shape index (κ3) is 4.99. The largest absolute Gasteiger partial charge is 0.497 e. The first-order chi connectivity index (χ1) is 11.3. The molecule has 0 fully saturated rings. The van der Waals surface area contributed by atoms with Crippen molar-refractivity contribution >= 4 is 27.5 Å². The summed E-state index contributed by atoms with van der Waals surface area (Å²) in [6.45, 7) is 6.38. The molecular formula is C19H22BrNO3. The highest BCUT2D eigenvalue weighted by atomic mass is 79.9.